The number of ether oxygens (including phenoxy) is 1. The number of thiazole rings is 1. The lowest BCUT2D eigenvalue weighted by atomic mass is 9.85. The molecule has 1 aromatic heterocycles. The fourth-order valence-electron chi connectivity index (χ4n) is 4.93. The van der Waals surface area contributed by atoms with Crippen molar-refractivity contribution < 1.29 is 19.1 Å². The Morgan fingerprint density at radius 3 is 2.42 bits per heavy atom. The number of hydrogen-bond donors (Lipinski definition) is 2. The molecule has 0 aliphatic carbocycles. The second-order valence-electron chi connectivity index (χ2n) is 12.5. The Hall–Kier alpha value is -3.46. The normalized spacial score (nSPS) is 17.4. The lowest BCUT2D eigenvalue weighted by molar-refractivity contribution is -0.140. The summed E-state index contributed by atoms with van der Waals surface area (Å²) in [7, 11) is 0. The van der Waals surface area contributed by atoms with Crippen LogP contribution in [0.1, 0.15) is 72.4 Å². The molecular weight excluding hydrogens is 524 g/mol. The van der Waals surface area contributed by atoms with Crippen LogP contribution >= 0.6 is 11.3 Å². The second-order valence-corrected chi connectivity index (χ2v) is 13.4. The molecule has 1 aliphatic rings. The third kappa shape index (κ3) is 6.81. The number of fused-ring (bicyclic) bond motifs is 1. The van der Waals surface area contributed by atoms with Gasteiger partial charge in [-0.2, -0.15) is 0 Å². The van der Waals surface area contributed by atoms with Gasteiger partial charge in [0.15, 0.2) is 0 Å². The first-order chi connectivity index (χ1) is 18.7. The highest BCUT2D eigenvalue weighted by molar-refractivity contribution is 7.10. The van der Waals surface area contributed by atoms with Crippen LogP contribution in [0.3, 0.4) is 0 Å². The van der Waals surface area contributed by atoms with Gasteiger partial charge in [-0.25, -0.2) is 9.78 Å². The maximum absolute atomic E-state index is 14.0. The van der Waals surface area contributed by atoms with Gasteiger partial charge in [0.1, 0.15) is 22.7 Å². The molecule has 3 amide bonds. The van der Waals surface area contributed by atoms with E-state index < -0.39 is 35.1 Å². The van der Waals surface area contributed by atoms with Crippen molar-refractivity contribution in [2.45, 2.75) is 85.0 Å². The van der Waals surface area contributed by atoms with Crippen molar-refractivity contribution in [1.82, 2.24) is 20.5 Å². The van der Waals surface area contributed by atoms with E-state index in [9.17, 15) is 14.4 Å². The lowest BCUT2D eigenvalue weighted by Gasteiger charge is -2.36. The van der Waals surface area contributed by atoms with Crippen molar-refractivity contribution in [3.8, 4) is 11.3 Å². The number of nitrogens with zero attached hydrogens (tertiary/aromatic N) is 2. The van der Waals surface area contributed by atoms with Gasteiger partial charge in [-0.05, 0) is 56.7 Å². The van der Waals surface area contributed by atoms with Gasteiger partial charge in [-0.1, -0.05) is 63.2 Å². The molecule has 3 aromatic rings. The van der Waals surface area contributed by atoms with Crippen LogP contribution in [0.25, 0.3) is 22.0 Å². The summed E-state index contributed by atoms with van der Waals surface area (Å²) in [4.78, 5) is 46.1. The Morgan fingerprint density at radius 1 is 1.02 bits per heavy atom. The molecule has 0 radical (unpaired) electrons. The largest absolute Gasteiger partial charge is 0.444 e. The zero-order valence-corrected chi connectivity index (χ0v) is 25.2. The first-order valence-electron chi connectivity index (χ1n) is 13.8. The van der Waals surface area contributed by atoms with E-state index in [2.05, 4.69) is 40.3 Å². The van der Waals surface area contributed by atoms with Crippen LogP contribution in [-0.2, 0) is 14.3 Å². The maximum Gasteiger partial charge on any atom is 0.408 e. The third-order valence-corrected chi connectivity index (χ3v) is 7.88. The summed E-state index contributed by atoms with van der Waals surface area (Å²) in [6.07, 6.45) is 0.996. The van der Waals surface area contributed by atoms with E-state index in [1.54, 1.807) is 39.0 Å². The summed E-state index contributed by atoms with van der Waals surface area (Å²) in [6.45, 7) is 13.2. The van der Waals surface area contributed by atoms with Gasteiger partial charge < -0.3 is 20.3 Å². The molecule has 9 heteroatoms. The number of likely N-dealkylation sites (tertiary alicyclic amines) is 1. The number of rotatable bonds is 6. The molecule has 2 heterocycles. The molecule has 8 nitrogen and oxygen atoms in total. The Labute approximate surface area is 240 Å². The number of aromatic nitrogens is 1. The van der Waals surface area contributed by atoms with E-state index in [0.717, 1.165) is 39.9 Å². The van der Waals surface area contributed by atoms with Gasteiger partial charge in [0.05, 0.1) is 11.7 Å². The topological polar surface area (TPSA) is 101 Å². The minimum atomic E-state index is -0.871. The standard InChI is InChI=1S/C31H40N4O4S/c1-19(32-29(38)39-31(5,6)7)26(36)34-25(30(2,3)4)28(37)35-17-11-16-24(35)27-33-23(18-40-27)22-15-10-13-20-12-8-9-14-21(20)22/h8-10,12-15,18-19,24-25H,11,16-17H2,1-7H3,(H,32,38)(H,34,36)/t19-,24?,25+/m0/s1. The third-order valence-electron chi connectivity index (χ3n) is 6.93. The van der Waals surface area contributed by atoms with Crippen LogP contribution in [0.15, 0.2) is 47.8 Å². The van der Waals surface area contributed by atoms with Crippen molar-refractivity contribution in [2.24, 2.45) is 5.41 Å². The van der Waals surface area contributed by atoms with E-state index in [4.69, 9.17) is 9.72 Å². The van der Waals surface area contributed by atoms with Crippen molar-refractivity contribution in [3.63, 3.8) is 0 Å². The van der Waals surface area contributed by atoms with Gasteiger partial charge in [-0.15, -0.1) is 11.3 Å². The minimum Gasteiger partial charge on any atom is -0.444 e. The van der Waals surface area contributed by atoms with Gasteiger partial charge in [0, 0.05) is 17.5 Å². The minimum absolute atomic E-state index is 0.144. The average molecular weight is 565 g/mol. The Bertz CT molecular complexity index is 1380. The van der Waals surface area contributed by atoms with E-state index in [-0.39, 0.29) is 11.9 Å². The maximum atomic E-state index is 14.0. The summed E-state index contributed by atoms with van der Waals surface area (Å²) in [5.41, 5.74) is 0.738. The molecule has 40 heavy (non-hydrogen) atoms. The number of amides is 3. The Morgan fingerprint density at radius 2 is 1.73 bits per heavy atom. The summed E-state index contributed by atoms with van der Waals surface area (Å²) >= 11 is 1.57. The number of alkyl carbamates (subject to hydrolysis) is 1. The van der Waals surface area contributed by atoms with Gasteiger partial charge in [-0.3, -0.25) is 9.59 Å². The molecule has 3 atom stereocenters. The number of carbonyl (C=O) groups excluding carboxylic acids is 3. The van der Waals surface area contributed by atoms with Crippen LogP contribution in [0.5, 0.6) is 0 Å². The summed E-state index contributed by atoms with van der Waals surface area (Å²) < 4.78 is 5.27. The smallest absolute Gasteiger partial charge is 0.408 e. The molecule has 1 fully saturated rings. The van der Waals surface area contributed by atoms with E-state index in [1.807, 2.05) is 43.9 Å². The van der Waals surface area contributed by atoms with Crippen molar-refractivity contribution in [3.05, 3.63) is 52.9 Å². The summed E-state index contributed by atoms with van der Waals surface area (Å²) in [6, 6.07) is 12.7. The summed E-state index contributed by atoms with van der Waals surface area (Å²) in [5, 5.41) is 10.7. The number of carbonyl (C=O) groups is 3. The predicted molar refractivity (Wildman–Crippen MR) is 159 cm³/mol. The van der Waals surface area contributed by atoms with Crippen molar-refractivity contribution in [2.75, 3.05) is 6.54 Å². The van der Waals surface area contributed by atoms with Gasteiger partial charge >= 0.3 is 6.09 Å². The Balaban J connectivity index is 1.51. The van der Waals surface area contributed by atoms with Crippen LogP contribution in [0, 0.1) is 5.41 Å². The summed E-state index contributed by atoms with van der Waals surface area (Å²) in [5.74, 6) is -0.586. The van der Waals surface area contributed by atoms with Crippen molar-refractivity contribution >= 4 is 40.0 Å². The Kier molecular flexibility index (Phi) is 8.54. The molecule has 1 aliphatic heterocycles. The zero-order valence-electron chi connectivity index (χ0n) is 24.4. The highest BCUT2D eigenvalue weighted by atomic mass is 32.1. The highest BCUT2D eigenvalue weighted by Crippen LogP contribution is 2.38. The molecule has 2 aromatic carbocycles. The molecule has 0 spiro atoms. The van der Waals surface area contributed by atoms with E-state index in [1.165, 1.54) is 0 Å². The number of benzene rings is 2. The van der Waals surface area contributed by atoms with Crippen LogP contribution in [-0.4, -0.2) is 52.0 Å². The predicted octanol–water partition coefficient (Wildman–Crippen LogP) is 6.07. The van der Waals surface area contributed by atoms with E-state index >= 15 is 0 Å². The molecule has 0 saturated carbocycles. The zero-order chi connectivity index (χ0) is 29.2. The SMILES string of the molecule is C[C@H](NC(=O)OC(C)(C)C)C(=O)N[C@H](C(=O)N1CCCC1c1nc(-c2cccc3ccccc23)cs1)C(C)(C)C. The fraction of sp³-hybridized carbons (Fsp3) is 0.484. The first-order valence-corrected chi connectivity index (χ1v) is 14.7. The van der Waals surface area contributed by atoms with Crippen molar-refractivity contribution in [1.29, 1.82) is 0 Å². The fourth-order valence-corrected chi connectivity index (χ4v) is 5.90. The molecule has 2 N–H and O–H groups in total. The molecule has 4 rings (SSSR count). The number of nitrogens with one attached hydrogen (secondary N) is 2. The average Bonchev–Trinajstić information content (AvgIpc) is 3.54. The number of hydrogen-bond acceptors (Lipinski definition) is 6. The second kappa shape index (κ2) is 11.6. The molecular formula is C31H40N4O4S. The quantitative estimate of drug-likeness (QED) is 0.378. The van der Waals surface area contributed by atoms with Gasteiger partial charge in [0.25, 0.3) is 0 Å². The van der Waals surface area contributed by atoms with Gasteiger partial charge in [0.2, 0.25) is 11.8 Å². The molecule has 1 unspecified atom stereocenters. The molecule has 214 valence electrons. The van der Waals surface area contributed by atoms with E-state index in [0.29, 0.717) is 6.54 Å². The monoisotopic (exact) mass is 564 g/mol. The lowest BCUT2D eigenvalue weighted by Crippen LogP contribution is -2.58. The molecule has 1 saturated heterocycles. The van der Waals surface area contributed by atoms with Crippen LogP contribution < -0.4 is 10.6 Å². The highest BCUT2D eigenvalue weighted by Gasteiger charge is 2.41. The van der Waals surface area contributed by atoms with Crippen LogP contribution in [0.4, 0.5) is 4.79 Å². The van der Waals surface area contributed by atoms with Crippen LogP contribution in [0.2, 0.25) is 0 Å². The molecule has 0 bridgehead atoms. The first kappa shape index (κ1) is 29.5.